The fraction of sp³-hybridized carbons (Fsp3) is 0.667. The van der Waals surface area contributed by atoms with Gasteiger partial charge in [-0.1, -0.05) is 0 Å². The van der Waals surface area contributed by atoms with Gasteiger partial charge in [0.2, 0.25) is 0 Å². The predicted molar refractivity (Wildman–Crippen MR) is 24.6 cm³/mol. The molecule has 40 valence electrons. The summed E-state index contributed by atoms with van der Waals surface area (Å²) in [5.41, 5.74) is 4.84. The Morgan fingerprint density at radius 3 is 2.43 bits per heavy atom. The van der Waals surface area contributed by atoms with Crippen LogP contribution in [0.3, 0.4) is 0 Å². The topological polar surface area (TPSA) is 81.4 Å². The van der Waals surface area contributed by atoms with Gasteiger partial charge < -0.3 is 5.73 Å². The molecule has 1 atom stereocenters. The molecule has 0 rings (SSSR count). The monoisotopic (exact) mass is 101 g/mol. The lowest BCUT2D eigenvalue weighted by molar-refractivity contribution is 0.0920. The van der Waals surface area contributed by atoms with Crippen LogP contribution < -0.4 is 11.6 Å². The van der Waals surface area contributed by atoms with Crippen molar-refractivity contribution in [3.05, 3.63) is 0 Å². The Morgan fingerprint density at radius 2 is 2.43 bits per heavy atom. The number of nitrogens with one attached hydrogen (secondary N) is 1. The van der Waals surface area contributed by atoms with Crippen LogP contribution in [-0.2, 0) is 4.84 Å². The smallest absolute Gasteiger partial charge is 0.136 e. The van der Waals surface area contributed by atoms with E-state index in [2.05, 4.69) is 4.84 Å². The molecule has 0 aliphatic carbocycles. The molecule has 0 aliphatic heterocycles. The summed E-state index contributed by atoms with van der Waals surface area (Å²) in [6.45, 7) is 1.47. The summed E-state index contributed by atoms with van der Waals surface area (Å²) < 4.78 is 0. The maximum Gasteiger partial charge on any atom is 0.136 e. The Bertz CT molecular complexity index is 72.6. The number of hydrogen-bond donors (Lipinski definition) is 2. The first kappa shape index (κ1) is 6.39. The van der Waals surface area contributed by atoms with Crippen LogP contribution in [-0.4, -0.2) is 11.9 Å². The molecule has 0 aromatic carbocycles. The van der Waals surface area contributed by atoms with Gasteiger partial charge in [-0.25, -0.2) is 0 Å². The number of hydrogen-bond acceptors (Lipinski definition) is 2. The average Bonchev–Trinajstić information content (AvgIpc) is 1.65. The molecule has 0 fully saturated rings. The Kier molecular flexibility index (Phi) is 2.32. The molecule has 0 saturated carbocycles. The van der Waals surface area contributed by atoms with Crippen molar-refractivity contribution in [2.45, 2.75) is 13.0 Å². The van der Waals surface area contributed by atoms with Crippen LogP contribution >= 0.6 is 0 Å². The van der Waals surface area contributed by atoms with Crippen molar-refractivity contribution in [3.8, 4) is 0 Å². The highest BCUT2D eigenvalue weighted by Crippen LogP contribution is 1.80. The SMILES string of the molecule is CC(O[N])C(=N)N. The van der Waals surface area contributed by atoms with Gasteiger partial charge in [0.1, 0.15) is 11.9 Å². The third kappa shape index (κ3) is 2.13. The highest BCUT2D eigenvalue weighted by molar-refractivity contribution is 5.81. The molecular weight excluding hydrogens is 94.1 g/mol. The van der Waals surface area contributed by atoms with Crippen molar-refractivity contribution in [1.82, 2.24) is 5.90 Å². The molecular formula is C3H7N3O. The fourth-order valence-corrected chi connectivity index (χ4v) is 0.0568. The Morgan fingerprint density at radius 1 is 2.00 bits per heavy atom. The van der Waals surface area contributed by atoms with E-state index in [0.717, 1.165) is 0 Å². The molecule has 0 aromatic heterocycles. The summed E-state index contributed by atoms with van der Waals surface area (Å²) in [6, 6.07) is 0. The molecule has 0 bridgehead atoms. The van der Waals surface area contributed by atoms with Crippen molar-refractivity contribution in [2.24, 2.45) is 5.73 Å². The largest absolute Gasteiger partial charge is 0.385 e. The Balaban J connectivity index is 3.34. The van der Waals surface area contributed by atoms with E-state index in [1.54, 1.807) is 0 Å². The lowest BCUT2D eigenvalue weighted by atomic mass is 10.4. The van der Waals surface area contributed by atoms with Crippen LogP contribution in [0.15, 0.2) is 0 Å². The van der Waals surface area contributed by atoms with E-state index in [4.69, 9.17) is 17.0 Å². The molecule has 2 radical (unpaired) electrons. The minimum Gasteiger partial charge on any atom is -0.385 e. The highest BCUT2D eigenvalue weighted by atomic mass is 16.6. The fourth-order valence-electron chi connectivity index (χ4n) is 0.0568. The number of nitrogens with zero attached hydrogens (tertiary/aromatic N) is 1. The summed E-state index contributed by atoms with van der Waals surface area (Å²) in [7, 11) is 0. The zero-order valence-corrected chi connectivity index (χ0v) is 4.01. The standard InChI is InChI=1S/C3H7N3O/c1-2(7-6)3(4)5/h2H,1H3,(H3,4,5). The van der Waals surface area contributed by atoms with Crippen LogP contribution in [0.4, 0.5) is 0 Å². The molecule has 3 N–H and O–H groups in total. The van der Waals surface area contributed by atoms with Crippen LogP contribution in [0, 0.1) is 5.41 Å². The second-order valence-corrected chi connectivity index (χ2v) is 1.20. The van der Waals surface area contributed by atoms with Crippen LogP contribution in [0.1, 0.15) is 6.92 Å². The summed E-state index contributed by atoms with van der Waals surface area (Å²) in [6.07, 6.45) is -0.681. The summed E-state index contributed by atoms with van der Waals surface area (Å²) in [5.74, 6) is 7.61. The molecule has 0 aromatic rings. The van der Waals surface area contributed by atoms with Crippen molar-refractivity contribution in [1.29, 1.82) is 5.41 Å². The third-order valence-electron chi connectivity index (χ3n) is 0.596. The van der Waals surface area contributed by atoms with Gasteiger partial charge in [-0.15, -0.1) is 0 Å². The predicted octanol–water partition coefficient (Wildman–Crippen LogP) is -0.689. The second kappa shape index (κ2) is 2.54. The van der Waals surface area contributed by atoms with Crippen LogP contribution in [0.25, 0.3) is 0 Å². The van der Waals surface area contributed by atoms with Gasteiger partial charge >= 0.3 is 0 Å². The van der Waals surface area contributed by atoms with Crippen molar-refractivity contribution in [3.63, 3.8) is 0 Å². The number of nitrogens with two attached hydrogens (primary N) is 1. The summed E-state index contributed by atoms with van der Waals surface area (Å²) >= 11 is 0. The van der Waals surface area contributed by atoms with Gasteiger partial charge in [0.05, 0.1) is 0 Å². The molecule has 0 amide bonds. The third-order valence-corrected chi connectivity index (χ3v) is 0.596. The second-order valence-electron chi connectivity index (χ2n) is 1.20. The molecule has 4 nitrogen and oxygen atoms in total. The minimum absolute atomic E-state index is 0.178. The molecule has 4 heteroatoms. The molecule has 0 saturated heterocycles. The van der Waals surface area contributed by atoms with E-state index >= 15 is 0 Å². The lowest BCUT2D eigenvalue weighted by Crippen LogP contribution is -2.26. The zero-order valence-electron chi connectivity index (χ0n) is 4.01. The van der Waals surface area contributed by atoms with E-state index in [0.29, 0.717) is 0 Å². The summed E-state index contributed by atoms with van der Waals surface area (Å²) in [4.78, 5) is 3.66. The van der Waals surface area contributed by atoms with Gasteiger partial charge in [-0.05, 0) is 6.92 Å². The van der Waals surface area contributed by atoms with E-state index in [-0.39, 0.29) is 5.84 Å². The molecule has 0 spiro atoms. The van der Waals surface area contributed by atoms with Crippen molar-refractivity contribution < 1.29 is 4.84 Å². The van der Waals surface area contributed by atoms with Crippen molar-refractivity contribution in [2.75, 3.05) is 0 Å². The van der Waals surface area contributed by atoms with Crippen LogP contribution in [0.2, 0.25) is 0 Å². The van der Waals surface area contributed by atoms with E-state index in [9.17, 15) is 0 Å². The van der Waals surface area contributed by atoms with E-state index < -0.39 is 6.10 Å². The first-order chi connectivity index (χ1) is 3.18. The normalized spacial score (nSPS) is 13.4. The maximum absolute atomic E-state index is 7.78. The molecule has 1 unspecified atom stereocenters. The van der Waals surface area contributed by atoms with Gasteiger partial charge in [0.25, 0.3) is 0 Å². The van der Waals surface area contributed by atoms with Gasteiger partial charge in [-0.2, -0.15) is 0 Å². The van der Waals surface area contributed by atoms with Gasteiger partial charge in [-0.3, -0.25) is 10.2 Å². The lowest BCUT2D eigenvalue weighted by Gasteiger charge is -2.00. The van der Waals surface area contributed by atoms with Gasteiger partial charge in [0.15, 0.2) is 0 Å². The van der Waals surface area contributed by atoms with Crippen LogP contribution in [0.5, 0.6) is 0 Å². The number of amidine groups is 1. The van der Waals surface area contributed by atoms with E-state index in [1.807, 2.05) is 0 Å². The molecule has 7 heavy (non-hydrogen) atoms. The van der Waals surface area contributed by atoms with Gasteiger partial charge in [0, 0.05) is 5.90 Å². The van der Waals surface area contributed by atoms with Crippen molar-refractivity contribution >= 4 is 5.84 Å². The maximum atomic E-state index is 7.78. The molecule has 0 heterocycles. The molecule has 0 aliphatic rings. The highest BCUT2D eigenvalue weighted by Gasteiger charge is 2.01. The van der Waals surface area contributed by atoms with E-state index in [1.165, 1.54) is 6.92 Å². The average molecular weight is 101 g/mol. The minimum atomic E-state index is -0.681. The Labute approximate surface area is 41.9 Å². The Hall–Kier alpha value is -0.610. The number of rotatable bonds is 2. The zero-order chi connectivity index (χ0) is 5.86. The first-order valence-electron chi connectivity index (χ1n) is 1.82. The quantitative estimate of drug-likeness (QED) is 0.274. The first-order valence-corrected chi connectivity index (χ1v) is 1.82. The summed E-state index contributed by atoms with van der Waals surface area (Å²) in [5, 5.41) is 6.59.